The molecule has 0 saturated carbocycles. The molecule has 0 atom stereocenters. The van der Waals surface area contributed by atoms with E-state index in [1.54, 1.807) is 0 Å². The predicted octanol–water partition coefficient (Wildman–Crippen LogP) is 12.8. The Labute approximate surface area is 342 Å². The number of imidazole rings is 1. The van der Waals surface area contributed by atoms with Gasteiger partial charge in [-0.3, -0.25) is 4.57 Å². The van der Waals surface area contributed by atoms with E-state index in [9.17, 15) is 5.26 Å². The Morgan fingerprint density at radius 3 is 1.46 bits per heavy atom. The summed E-state index contributed by atoms with van der Waals surface area (Å²) in [5.74, 6) is 2.73. The van der Waals surface area contributed by atoms with Gasteiger partial charge in [-0.2, -0.15) is 5.26 Å². The maximum absolute atomic E-state index is 10.0. The van der Waals surface area contributed by atoms with Gasteiger partial charge in [0.05, 0.1) is 22.7 Å². The van der Waals surface area contributed by atoms with Crippen molar-refractivity contribution >= 4 is 11.0 Å². The van der Waals surface area contributed by atoms with Crippen LogP contribution in [0, 0.1) is 11.3 Å². The van der Waals surface area contributed by atoms with Gasteiger partial charge < -0.3 is 0 Å². The Kier molecular flexibility index (Phi) is 9.14. The lowest BCUT2D eigenvalue weighted by Crippen LogP contribution is -2.00. The number of fused-ring (bicyclic) bond motifs is 1. The van der Waals surface area contributed by atoms with Crippen LogP contribution in [0.4, 0.5) is 0 Å². The molecular weight excluding hydrogens is 721 g/mol. The summed E-state index contributed by atoms with van der Waals surface area (Å²) in [6, 6.07) is 72.2. The van der Waals surface area contributed by atoms with Gasteiger partial charge >= 0.3 is 0 Å². The summed E-state index contributed by atoms with van der Waals surface area (Å²) in [7, 11) is 0. The molecule has 59 heavy (non-hydrogen) atoms. The van der Waals surface area contributed by atoms with E-state index in [-0.39, 0.29) is 0 Å². The average Bonchev–Trinajstić information content (AvgIpc) is 3.72. The van der Waals surface area contributed by atoms with Crippen molar-refractivity contribution in [3.8, 4) is 90.7 Å². The molecule has 0 amide bonds. The van der Waals surface area contributed by atoms with Crippen LogP contribution in [0.15, 0.2) is 206 Å². The minimum absolute atomic E-state index is 0.596. The van der Waals surface area contributed by atoms with Gasteiger partial charge in [-0.15, -0.1) is 0 Å². The van der Waals surface area contributed by atoms with Gasteiger partial charge in [-0.25, -0.2) is 19.9 Å². The van der Waals surface area contributed by atoms with E-state index in [1.165, 1.54) is 0 Å². The van der Waals surface area contributed by atoms with Crippen molar-refractivity contribution in [2.24, 2.45) is 0 Å². The zero-order valence-corrected chi connectivity index (χ0v) is 31.8. The van der Waals surface area contributed by atoms with Crippen molar-refractivity contribution < 1.29 is 0 Å². The van der Waals surface area contributed by atoms with Crippen LogP contribution in [0.25, 0.3) is 95.7 Å². The van der Waals surface area contributed by atoms with Crippen LogP contribution in [-0.2, 0) is 0 Å². The molecule has 10 rings (SSSR count). The third-order valence-electron chi connectivity index (χ3n) is 10.6. The molecule has 0 bridgehead atoms. The monoisotopic (exact) mass is 754 g/mol. The number of hydrogen-bond donors (Lipinski definition) is 0. The highest BCUT2D eigenvalue weighted by atomic mass is 15.1. The van der Waals surface area contributed by atoms with E-state index in [2.05, 4.69) is 108 Å². The minimum atomic E-state index is 0.596. The minimum Gasteiger partial charge on any atom is -0.292 e. The molecule has 0 spiro atoms. The second-order valence-electron chi connectivity index (χ2n) is 14.2. The highest BCUT2D eigenvalue weighted by Gasteiger charge is 2.17. The number of para-hydroxylation sites is 2. The zero-order chi connectivity index (χ0) is 39.5. The lowest BCUT2D eigenvalue weighted by atomic mass is 9.89. The number of hydrogen-bond acceptors (Lipinski definition) is 5. The summed E-state index contributed by atoms with van der Waals surface area (Å²) >= 11 is 0. The number of nitrogens with zero attached hydrogens (tertiary/aromatic N) is 6. The molecule has 10 aromatic rings. The van der Waals surface area contributed by atoms with E-state index < -0.39 is 0 Å². The van der Waals surface area contributed by atoms with Gasteiger partial charge in [0.25, 0.3) is 0 Å². The van der Waals surface area contributed by atoms with Crippen LogP contribution in [-0.4, -0.2) is 24.5 Å². The second-order valence-corrected chi connectivity index (χ2v) is 14.2. The van der Waals surface area contributed by atoms with E-state index in [4.69, 9.17) is 19.9 Å². The van der Waals surface area contributed by atoms with Gasteiger partial charge in [0.1, 0.15) is 5.82 Å². The van der Waals surface area contributed by atoms with Crippen LogP contribution in [0.3, 0.4) is 0 Å². The number of benzene rings is 8. The summed E-state index contributed by atoms with van der Waals surface area (Å²) in [4.78, 5) is 19.8. The first kappa shape index (κ1) is 35.2. The van der Waals surface area contributed by atoms with E-state index in [0.29, 0.717) is 23.0 Å². The van der Waals surface area contributed by atoms with Crippen molar-refractivity contribution in [1.82, 2.24) is 24.5 Å². The fourth-order valence-corrected chi connectivity index (χ4v) is 7.63. The molecule has 0 aliphatic heterocycles. The van der Waals surface area contributed by atoms with Crippen LogP contribution < -0.4 is 0 Å². The lowest BCUT2D eigenvalue weighted by molar-refractivity contribution is 1.07. The van der Waals surface area contributed by atoms with E-state index >= 15 is 0 Å². The molecular formula is C53H34N6. The van der Waals surface area contributed by atoms with Crippen molar-refractivity contribution in [2.75, 3.05) is 0 Å². The van der Waals surface area contributed by atoms with Crippen LogP contribution in [0.5, 0.6) is 0 Å². The molecule has 0 unspecified atom stereocenters. The maximum atomic E-state index is 10.0. The summed E-state index contributed by atoms with van der Waals surface area (Å²) < 4.78 is 2.23. The molecule has 2 aromatic heterocycles. The second kappa shape index (κ2) is 15.3. The molecule has 6 heteroatoms. The Bertz CT molecular complexity index is 3070. The number of aromatic nitrogens is 5. The summed E-state index contributed by atoms with van der Waals surface area (Å²) in [5.41, 5.74) is 13.5. The van der Waals surface area contributed by atoms with Crippen LogP contribution in [0.2, 0.25) is 0 Å². The van der Waals surface area contributed by atoms with E-state index in [1.807, 2.05) is 109 Å². The van der Waals surface area contributed by atoms with Crippen LogP contribution in [0.1, 0.15) is 5.56 Å². The van der Waals surface area contributed by atoms with Gasteiger partial charge in [-0.1, -0.05) is 170 Å². The Morgan fingerprint density at radius 1 is 0.356 bits per heavy atom. The molecule has 276 valence electrons. The third-order valence-corrected chi connectivity index (χ3v) is 10.6. The van der Waals surface area contributed by atoms with Crippen LogP contribution >= 0.6 is 0 Å². The third kappa shape index (κ3) is 6.84. The normalized spacial score (nSPS) is 11.0. The molecule has 8 aromatic carbocycles. The topological polar surface area (TPSA) is 80.3 Å². The Balaban J connectivity index is 1.08. The largest absolute Gasteiger partial charge is 0.292 e. The highest BCUT2D eigenvalue weighted by molar-refractivity contribution is 5.89. The lowest BCUT2D eigenvalue weighted by Gasteiger charge is -2.16. The number of nitriles is 1. The van der Waals surface area contributed by atoms with E-state index in [0.717, 1.165) is 78.2 Å². The summed E-state index contributed by atoms with van der Waals surface area (Å²) in [5, 5.41) is 10.0. The van der Waals surface area contributed by atoms with Crippen molar-refractivity contribution in [3.63, 3.8) is 0 Å². The van der Waals surface area contributed by atoms with Crippen molar-refractivity contribution in [2.45, 2.75) is 0 Å². The molecule has 0 radical (unpaired) electrons. The smallest absolute Gasteiger partial charge is 0.164 e. The Hall–Kier alpha value is -8.27. The van der Waals surface area contributed by atoms with Gasteiger partial charge in [0, 0.05) is 27.9 Å². The quantitative estimate of drug-likeness (QED) is 0.154. The van der Waals surface area contributed by atoms with Gasteiger partial charge in [0.15, 0.2) is 17.5 Å². The molecule has 6 nitrogen and oxygen atoms in total. The molecule has 0 saturated heterocycles. The summed E-state index contributed by atoms with van der Waals surface area (Å²) in [6.45, 7) is 0. The molecule has 0 aliphatic rings. The number of rotatable bonds is 8. The maximum Gasteiger partial charge on any atom is 0.164 e. The first-order valence-corrected chi connectivity index (χ1v) is 19.5. The Morgan fingerprint density at radius 2 is 0.831 bits per heavy atom. The van der Waals surface area contributed by atoms with Gasteiger partial charge in [-0.05, 0) is 69.8 Å². The van der Waals surface area contributed by atoms with Crippen molar-refractivity contribution in [3.05, 3.63) is 212 Å². The molecule has 0 aliphatic carbocycles. The molecule has 0 N–H and O–H groups in total. The van der Waals surface area contributed by atoms with Crippen molar-refractivity contribution in [1.29, 1.82) is 5.26 Å². The first-order valence-electron chi connectivity index (χ1n) is 19.5. The SMILES string of the molecule is N#Cc1ccccc1-c1ccc(-c2ccc(-n3c(-c4ccccc4)nc4ccccc43)cc2)c(-c2ccc(-c3nc(-c4ccccc4)nc(-c4ccccc4)n3)cc2)c1. The average molecular weight is 755 g/mol. The summed E-state index contributed by atoms with van der Waals surface area (Å²) in [6.07, 6.45) is 0. The zero-order valence-electron chi connectivity index (χ0n) is 31.8. The molecule has 0 fully saturated rings. The first-order chi connectivity index (χ1) is 29.2. The standard InChI is InChI=1S/C53H34N6/c54-35-43-20-10-11-21-45(43)42-30-33-46(36-28-31-44(32-29-36)59-49-23-13-12-22-48(49)55-53(59)41-18-8-3-9-19-41)47(34-42)37-24-26-40(27-25-37)52-57-50(38-14-4-1-5-15-38)56-51(58-52)39-16-6-2-7-17-39/h1-34H. The fraction of sp³-hybridized carbons (Fsp3) is 0. The fourth-order valence-electron chi connectivity index (χ4n) is 7.63. The predicted molar refractivity (Wildman–Crippen MR) is 237 cm³/mol. The van der Waals surface area contributed by atoms with Gasteiger partial charge in [0.2, 0.25) is 0 Å². The molecule has 2 heterocycles. The highest BCUT2D eigenvalue weighted by Crippen LogP contribution is 2.38.